The molecule has 1 spiro atoms. The normalized spacial score (nSPS) is 18.7. The van der Waals surface area contributed by atoms with Crippen LogP contribution in [0.2, 0.25) is 0 Å². The number of nitrogens with one attached hydrogen (secondary N) is 2. The van der Waals surface area contributed by atoms with Crippen molar-refractivity contribution in [1.82, 2.24) is 10.2 Å². The highest BCUT2D eigenvalue weighted by Crippen LogP contribution is 2.35. The molecule has 1 aromatic carbocycles. The molecule has 10 heteroatoms. The number of anilines is 1. The summed E-state index contributed by atoms with van der Waals surface area (Å²) in [6.07, 6.45) is 1.40. The highest BCUT2D eigenvalue weighted by molar-refractivity contribution is 6.07. The minimum Gasteiger partial charge on any atom is -0.452 e. The van der Waals surface area contributed by atoms with E-state index < -0.39 is 41.2 Å². The van der Waals surface area contributed by atoms with E-state index in [0.717, 1.165) is 29.9 Å². The van der Waals surface area contributed by atoms with E-state index in [1.807, 2.05) is 0 Å². The highest BCUT2D eigenvalue weighted by Gasteiger charge is 2.52. The zero-order valence-electron chi connectivity index (χ0n) is 15.8. The number of benzene rings is 1. The smallest absolute Gasteiger partial charge is 0.325 e. The van der Waals surface area contributed by atoms with Crippen molar-refractivity contribution in [3.8, 4) is 0 Å². The Kier molecular flexibility index (Phi) is 5.81. The summed E-state index contributed by atoms with van der Waals surface area (Å²) in [4.78, 5) is 49.6. The molecule has 2 fully saturated rings. The number of imide groups is 1. The predicted molar refractivity (Wildman–Crippen MR) is 96.6 cm³/mol. The predicted octanol–water partition coefficient (Wildman–Crippen LogP) is 2.09. The molecule has 1 aliphatic carbocycles. The Bertz CT molecular complexity index is 854. The van der Waals surface area contributed by atoms with Gasteiger partial charge in [0.2, 0.25) is 0 Å². The fraction of sp³-hybridized carbons (Fsp3) is 0.474. The van der Waals surface area contributed by atoms with E-state index >= 15 is 0 Å². The number of halogens is 2. The van der Waals surface area contributed by atoms with E-state index in [4.69, 9.17) is 4.74 Å². The monoisotopic (exact) mass is 409 g/mol. The number of carbonyl (C=O) groups excluding carboxylic acids is 4. The minimum absolute atomic E-state index is 0.0120. The molecular formula is C19H21F2N3O5. The fourth-order valence-electron chi connectivity index (χ4n) is 3.53. The summed E-state index contributed by atoms with van der Waals surface area (Å²) in [6, 6.07) is 2.30. The second kappa shape index (κ2) is 8.14. The van der Waals surface area contributed by atoms with Crippen LogP contribution in [0.3, 0.4) is 0 Å². The molecule has 29 heavy (non-hydrogen) atoms. The highest BCUT2D eigenvalue weighted by atomic mass is 19.2. The van der Waals surface area contributed by atoms with E-state index in [0.29, 0.717) is 12.8 Å². The van der Waals surface area contributed by atoms with Gasteiger partial charge in [0.15, 0.2) is 17.7 Å². The topological polar surface area (TPSA) is 105 Å². The minimum atomic E-state index is -1.21. The third-order valence-corrected chi connectivity index (χ3v) is 5.11. The number of rotatable bonds is 6. The summed E-state index contributed by atoms with van der Waals surface area (Å²) in [5.74, 6) is -4.02. The van der Waals surface area contributed by atoms with E-state index in [-0.39, 0.29) is 24.6 Å². The van der Waals surface area contributed by atoms with Crippen LogP contribution in [0.4, 0.5) is 19.3 Å². The molecule has 1 aliphatic heterocycles. The molecule has 1 aromatic rings. The van der Waals surface area contributed by atoms with Gasteiger partial charge in [0.25, 0.3) is 11.8 Å². The summed E-state index contributed by atoms with van der Waals surface area (Å²) in [5.41, 5.74) is -0.837. The van der Waals surface area contributed by atoms with Crippen molar-refractivity contribution in [3.05, 3.63) is 29.8 Å². The second-order valence-electron chi connectivity index (χ2n) is 7.18. The Labute approximate surface area is 165 Å². The van der Waals surface area contributed by atoms with Crippen molar-refractivity contribution >= 4 is 29.5 Å². The van der Waals surface area contributed by atoms with Gasteiger partial charge in [-0.05, 0) is 31.9 Å². The van der Waals surface area contributed by atoms with Crippen LogP contribution >= 0.6 is 0 Å². The van der Waals surface area contributed by atoms with Crippen molar-refractivity contribution in [2.75, 3.05) is 11.9 Å². The fourth-order valence-corrected chi connectivity index (χ4v) is 3.53. The third kappa shape index (κ3) is 4.36. The average Bonchev–Trinajstić information content (AvgIpc) is 3.22. The summed E-state index contributed by atoms with van der Waals surface area (Å²) in [5, 5.41) is 5.02. The molecule has 2 aliphatic rings. The van der Waals surface area contributed by atoms with Crippen molar-refractivity contribution in [2.24, 2.45) is 0 Å². The van der Waals surface area contributed by atoms with Crippen LogP contribution in [0.15, 0.2) is 18.2 Å². The van der Waals surface area contributed by atoms with Crippen molar-refractivity contribution in [2.45, 2.75) is 50.7 Å². The number of hydrogen-bond acceptors (Lipinski definition) is 5. The Morgan fingerprint density at radius 1 is 1.24 bits per heavy atom. The van der Waals surface area contributed by atoms with Gasteiger partial charge in [-0.1, -0.05) is 12.8 Å². The van der Waals surface area contributed by atoms with Gasteiger partial charge in [-0.2, -0.15) is 0 Å². The maximum absolute atomic E-state index is 13.2. The van der Waals surface area contributed by atoms with Gasteiger partial charge in [0.05, 0.1) is 6.42 Å². The summed E-state index contributed by atoms with van der Waals surface area (Å²) in [7, 11) is 0. The van der Waals surface area contributed by atoms with Gasteiger partial charge >= 0.3 is 12.0 Å². The number of esters is 1. The van der Waals surface area contributed by atoms with Gasteiger partial charge in [-0.25, -0.2) is 13.6 Å². The SMILES string of the molecule is C[C@@H](OC(=O)CCN1C(=O)NC2(CCCC2)C1=O)C(=O)Nc1ccc(F)c(F)c1. The lowest BCUT2D eigenvalue weighted by molar-refractivity contribution is -0.153. The van der Waals surface area contributed by atoms with Crippen LogP contribution in [0, 0.1) is 11.6 Å². The van der Waals surface area contributed by atoms with E-state index in [1.165, 1.54) is 13.0 Å². The lowest BCUT2D eigenvalue weighted by Crippen LogP contribution is -2.44. The summed E-state index contributed by atoms with van der Waals surface area (Å²) < 4.78 is 31.1. The Morgan fingerprint density at radius 3 is 2.59 bits per heavy atom. The molecule has 0 radical (unpaired) electrons. The molecule has 1 saturated carbocycles. The quantitative estimate of drug-likeness (QED) is 0.553. The molecule has 1 saturated heterocycles. The molecule has 0 unspecified atom stereocenters. The summed E-state index contributed by atoms with van der Waals surface area (Å²) in [6.45, 7) is 1.16. The molecular weight excluding hydrogens is 388 g/mol. The van der Waals surface area contributed by atoms with E-state index in [1.54, 1.807) is 0 Å². The van der Waals surface area contributed by atoms with Crippen molar-refractivity contribution in [3.63, 3.8) is 0 Å². The van der Waals surface area contributed by atoms with Crippen LogP contribution in [0.25, 0.3) is 0 Å². The van der Waals surface area contributed by atoms with E-state index in [9.17, 15) is 28.0 Å². The number of ether oxygens (including phenoxy) is 1. The molecule has 2 N–H and O–H groups in total. The molecule has 1 heterocycles. The van der Waals surface area contributed by atoms with Crippen LogP contribution < -0.4 is 10.6 Å². The van der Waals surface area contributed by atoms with Gasteiger partial charge < -0.3 is 15.4 Å². The van der Waals surface area contributed by atoms with Gasteiger partial charge in [-0.3, -0.25) is 19.3 Å². The van der Waals surface area contributed by atoms with Gasteiger partial charge in [-0.15, -0.1) is 0 Å². The average molecular weight is 409 g/mol. The number of urea groups is 1. The molecule has 0 aromatic heterocycles. The van der Waals surface area contributed by atoms with Crippen LogP contribution in [0.1, 0.15) is 39.0 Å². The van der Waals surface area contributed by atoms with Crippen molar-refractivity contribution < 1.29 is 32.7 Å². The molecule has 4 amide bonds. The maximum Gasteiger partial charge on any atom is 0.325 e. The lowest BCUT2D eigenvalue weighted by Gasteiger charge is -2.20. The zero-order chi connectivity index (χ0) is 21.2. The lowest BCUT2D eigenvalue weighted by atomic mass is 9.98. The number of carbonyl (C=O) groups is 4. The Balaban J connectivity index is 1.48. The molecule has 3 rings (SSSR count). The number of hydrogen-bond donors (Lipinski definition) is 2. The molecule has 1 atom stereocenters. The summed E-state index contributed by atoms with van der Waals surface area (Å²) >= 11 is 0. The second-order valence-corrected chi connectivity index (χ2v) is 7.18. The molecule has 0 bridgehead atoms. The standard InChI is InChI=1S/C19H21F2N3O5/c1-11(16(26)22-12-4-5-13(20)14(21)10-12)29-15(25)6-9-24-17(27)19(23-18(24)28)7-2-3-8-19/h4-5,10-11H,2-3,6-9H2,1H3,(H,22,26)(H,23,28)/t11-/m1/s1. The Hall–Kier alpha value is -3.04. The first-order chi connectivity index (χ1) is 13.7. The zero-order valence-corrected chi connectivity index (χ0v) is 15.8. The van der Waals surface area contributed by atoms with Crippen LogP contribution in [-0.2, 0) is 19.1 Å². The first-order valence-corrected chi connectivity index (χ1v) is 9.31. The van der Waals surface area contributed by atoms with E-state index in [2.05, 4.69) is 10.6 Å². The number of amides is 4. The molecule has 156 valence electrons. The van der Waals surface area contributed by atoms with Crippen molar-refractivity contribution in [1.29, 1.82) is 0 Å². The van der Waals surface area contributed by atoms with Crippen LogP contribution in [-0.4, -0.2) is 46.9 Å². The maximum atomic E-state index is 13.2. The first-order valence-electron chi connectivity index (χ1n) is 9.31. The first kappa shape index (κ1) is 20.7. The molecule has 8 nitrogen and oxygen atoms in total. The third-order valence-electron chi connectivity index (χ3n) is 5.11. The largest absolute Gasteiger partial charge is 0.452 e. The Morgan fingerprint density at radius 2 is 1.93 bits per heavy atom. The van der Waals surface area contributed by atoms with Crippen LogP contribution in [0.5, 0.6) is 0 Å². The van der Waals surface area contributed by atoms with Gasteiger partial charge in [0, 0.05) is 18.3 Å². The van der Waals surface area contributed by atoms with Gasteiger partial charge in [0.1, 0.15) is 5.54 Å². The number of nitrogens with zero attached hydrogens (tertiary/aromatic N) is 1.